The molecule has 3 aromatic carbocycles. The van der Waals surface area contributed by atoms with Crippen molar-refractivity contribution in [2.24, 2.45) is 5.92 Å². The number of benzene rings is 3. The Bertz CT molecular complexity index is 1080. The Labute approximate surface area is 198 Å². The summed E-state index contributed by atoms with van der Waals surface area (Å²) in [6, 6.07) is 23.5. The number of amides is 1. The molecule has 9 heteroatoms. The second-order valence-electron chi connectivity index (χ2n) is 7.69. The summed E-state index contributed by atoms with van der Waals surface area (Å²) in [4.78, 5) is 25.5. The molecule has 0 saturated carbocycles. The minimum Gasteiger partial charge on any atom is -0.480 e. The van der Waals surface area contributed by atoms with Crippen molar-refractivity contribution in [1.82, 2.24) is 4.67 Å². The van der Waals surface area contributed by atoms with Gasteiger partial charge in [0.25, 0.3) is 0 Å². The molecule has 0 heterocycles. The second-order valence-corrected chi connectivity index (χ2v) is 9.42. The first-order valence-corrected chi connectivity index (χ1v) is 12.1. The number of ether oxygens (including phenoxy) is 1. The standard InChI is InChI=1S/C25H26NO7P/c1-19(2)23(24(27)28)26(25(29)31-18-20-12-6-3-7-13-20)34(30,32-21-14-8-4-9-15-21)33-22-16-10-5-11-17-22/h3-17,19,23H,18H2,1-2H3,(H,27,28)/t23-/m0/s1. The van der Waals surface area contributed by atoms with Crippen molar-refractivity contribution in [3.63, 3.8) is 0 Å². The average molecular weight is 483 g/mol. The first kappa shape index (κ1) is 24.9. The van der Waals surface area contributed by atoms with E-state index in [4.69, 9.17) is 13.8 Å². The molecule has 34 heavy (non-hydrogen) atoms. The lowest BCUT2D eigenvalue weighted by Crippen LogP contribution is -2.48. The number of carbonyl (C=O) groups is 2. The average Bonchev–Trinajstić information content (AvgIpc) is 2.82. The van der Waals surface area contributed by atoms with Crippen molar-refractivity contribution < 1.29 is 33.0 Å². The van der Waals surface area contributed by atoms with Gasteiger partial charge in [-0.3, -0.25) is 0 Å². The molecule has 0 saturated heterocycles. The zero-order valence-corrected chi connectivity index (χ0v) is 19.7. The van der Waals surface area contributed by atoms with Crippen LogP contribution in [-0.4, -0.2) is 27.9 Å². The van der Waals surface area contributed by atoms with Gasteiger partial charge in [-0.25, -0.2) is 14.2 Å². The number of hydrogen-bond acceptors (Lipinski definition) is 6. The number of rotatable bonds is 10. The van der Waals surface area contributed by atoms with E-state index < -0.39 is 31.8 Å². The normalized spacial score (nSPS) is 12.0. The van der Waals surface area contributed by atoms with Gasteiger partial charge in [-0.15, -0.1) is 0 Å². The summed E-state index contributed by atoms with van der Waals surface area (Å²) in [5.74, 6) is -1.75. The van der Waals surface area contributed by atoms with Crippen molar-refractivity contribution in [2.45, 2.75) is 26.5 Å². The lowest BCUT2D eigenvalue weighted by atomic mass is 10.1. The van der Waals surface area contributed by atoms with Crippen LogP contribution in [0.1, 0.15) is 19.4 Å². The Hall–Kier alpha value is -3.77. The van der Waals surface area contributed by atoms with E-state index in [1.807, 2.05) is 6.07 Å². The van der Waals surface area contributed by atoms with Gasteiger partial charge in [-0.2, -0.15) is 4.67 Å². The summed E-state index contributed by atoms with van der Waals surface area (Å²) in [5.41, 5.74) is 0.676. The van der Waals surface area contributed by atoms with Gasteiger partial charge in [-0.1, -0.05) is 80.6 Å². The van der Waals surface area contributed by atoms with Gasteiger partial charge in [0.05, 0.1) is 0 Å². The summed E-state index contributed by atoms with van der Waals surface area (Å²) >= 11 is 0. The SMILES string of the molecule is CC(C)[C@@H](C(=O)O)N(C(=O)OCc1ccccc1)P(=O)(Oc1ccccc1)Oc1ccccc1. The molecule has 0 fully saturated rings. The smallest absolute Gasteiger partial charge is 0.480 e. The van der Waals surface area contributed by atoms with Crippen LogP contribution in [0.15, 0.2) is 91.0 Å². The molecule has 0 spiro atoms. The molecule has 0 unspecified atom stereocenters. The number of hydrogen-bond donors (Lipinski definition) is 1. The molecule has 0 aliphatic rings. The summed E-state index contributed by atoms with van der Waals surface area (Å²) in [6.45, 7) is 3.02. The largest absolute Gasteiger partial charge is 0.550 e. The van der Waals surface area contributed by atoms with Gasteiger partial charge in [-0.05, 0) is 35.7 Å². The van der Waals surface area contributed by atoms with E-state index in [1.54, 1.807) is 74.5 Å². The van der Waals surface area contributed by atoms with Crippen molar-refractivity contribution in [1.29, 1.82) is 0 Å². The molecule has 1 amide bonds. The van der Waals surface area contributed by atoms with E-state index in [2.05, 4.69) is 0 Å². The molecule has 3 aromatic rings. The highest BCUT2D eigenvalue weighted by Crippen LogP contribution is 2.54. The minimum atomic E-state index is -4.64. The van der Waals surface area contributed by atoms with Crippen LogP contribution in [0.5, 0.6) is 11.5 Å². The van der Waals surface area contributed by atoms with Crippen LogP contribution in [-0.2, 0) is 20.7 Å². The highest BCUT2D eigenvalue weighted by molar-refractivity contribution is 7.53. The number of para-hydroxylation sites is 2. The van der Waals surface area contributed by atoms with E-state index in [0.29, 0.717) is 10.2 Å². The number of nitrogens with zero attached hydrogens (tertiary/aromatic N) is 1. The molecule has 0 aromatic heterocycles. The second kappa shape index (κ2) is 11.4. The molecule has 1 N–H and O–H groups in total. The maximum atomic E-state index is 14.3. The van der Waals surface area contributed by atoms with Gasteiger partial charge in [0, 0.05) is 0 Å². The molecule has 0 bridgehead atoms. The quantitative estimate of drug-likeness (QED) is 0.353. The van der Waals surface area contributed by atoms with Crippen LogP contribution >= 0.6 is 7.75 Å². The minimum absolute atomic E-state index is 0.135. The summed E-state index contributed by atoms with van der Waals surface area (Å²) in [7, 11) is -4.64. The van der Waals surface area contributed by atoms with E-state index in [-0.39, 0.29) is 18.1 Å². The first-order chi connectivity index (χ1) is 16.3. The fraction of sp³-hybridized carbons (Fsp3) is 0.200. The van der Waals surface area contributed by atoms with Crippen LogP contribution in [0.25, 0.3) is 0 Å². The van der Waals surface area contributed by atoms with Gasteiger partial charge >= 0.3 is 19.8 Å². The molecule has 0 radical (unpaired) electrons. The lowest BCUT2D eigenvalue weighted by Gasteiger charge is -2.34. The van der Waals surface area contributed by atoms with Crippen LogP contribution in [0.4, 0.5) is 4.79 Å². The highest BCUT2D eigenvalue weighted by Gasteiger charge is 2.50. The third-order valence-corrected chi connectivity index (χ3v) is 6.55. The van der Waals surface area contributed by atoms with E-state index in [0.717, 1.165) is 0 Å². The molecule has 178 valence electrons. The molecule has 0 aliphatic carbocycles. The van der Waals surface area contributed by atoms with Crippen molar-refractivity contribution in [2.75, 3.05) is 0 Å². The van der Waals surface area contributed by atoms with Crippen LogP contribution < -0.4 is 9.05 Å². The maximum Gasteiger partial charge on any atom is 0.550 e. The van der Waals surface area contributed by atoms with Crippen LogP contribution in [0.3, 0.4) is 0 Å². The van der Waals surface area contributed by atoms with Gasteiger partial charge in [0.1, 0.15) is 24.1 Å². The molecule has 8 nitrogen and oxygen atoms in total. The number of carboxylic acid groups (broad SMARTS) is 1. The fourth-order valence-electron chi connectivity index (χ4n) is 3.16. The summed E-state index contributed by atoms with van der Waals surface area (Å²) < 4.78 is 31.7. The third-order valence-electron chi connectivity index (χ3n) is 4.73. The lowest BCUT2D eigenvalue weighted by molar-refractivity contribution is -0.143. The van der Waals surface area contributed by atoms with E-state index in [1.165, 1.54) is 24.3 Å². The molecule has 3 rings (SSSR count). The van der Waals surface area contributed by atoms with Crippen molar-refractivity contribution in [3.8, 4) is 11.5 Å². The Kier molecular flexibility index (Phi) is 8.33. The zero-order chi connectivity index (χ0) is 24.6. The van der Waals surface area contributed by atoms with E-state index >= 15 is 0 Å². The summed E-state index contributed by atoms with van der Waals surface area (Å²) in [6.07, 6.45) is -1.14. The topological polar surface area (TPSA) is 102 Å². The first-order valence-electron chi connectivity index (χ1n) is 10.6. The number of carbonyl (C=O) groups excluding carboxylic acids is 1. The fourth-order valence-corrected chi connectivity index (χ4v) is 5.08. The predicted molar refractivity (Wildman–Crippen MR) is 126 cm³/mol. The summed E-state index contributed by atoms with van der Waals surface area (Å²) in [5, 5.41) is 9.96. The van der Waals surface area contributed by atoms with Crippen molar-refractivity contribution in [3.05, 3.63) is 96.6 Å². The van der Waals surface area contributed by atoms with Gasteiger partial charge in [0.2, 0.25) is 0 Å². The number of carboxylic acids is 1. The van der Waals surface area contributed by atoms with Gasteiger partial charge < -0.3 is 18.9 Å². The molecule has 1 atom stereocenters. The Morgan fingerprint density at radius 2 is 1.26 bits per heavy atom. The van der Waals surface area contributed by atoms with Crippen molar-refractivity contribution >= 4 is 19.8 Å². The Morgan fingerprint density at radius 1 is 0.824 bits per heavy atom. The molecule has 0 aliphatic heterocycles. The Morgan fingerprint density at radius 3 is 1.68 bits per heavy atom. The highest BCUT2D eigenvalue weighted by atomic mass is 31.2. The van der Waals surface area contributed by atoms with E-state index in [9.17, 15) is 19.3 Å². The molecular formula is C25H26NO7P. The van der Waals surface area contributed by atoms with Crippen LogP contribution in [0.2, 0.25) is 0 Å². The molecular weight excluding hydrogens is 457 g/mol. The van der Waals surface area contributed by atoms with Gasteiger partial charge in [0.15, 0.2) is 0 Å². The number of aliphatic carboxylic acids is 1. The third kappa shape index (κ3) is 6.39. The monoisotopic (exact) mass is 483 g/mol. The van der Waals surface area contributed by atoms with Crippen LogP contribution in [0, 0.1) is 5.92 Å². The maximum absolute atomic E-state index is 14.3. The zero-order valence-electron chi connectivity index (χ0n) is 18.8. The predicted octanol–water partition coefficient (Wildman–Crippen LogP) is 6.00. The Balaban J connectivity index is 2.04.